The van der Waals surface area contributed by atoms with E-state index in [9.17, 15) is 9.59 Å². The van der Waals surface area contributed by atoms with Crippen molar-refractivity contribution >= 4 is 11.9 Å². The maximum atomic E-state index is 11.2. The molecule has 0 amide bonds. The molecule has 0 aromatic carbocycles. The molecule has 0 fully saturated rings. The monoisotopic (exact) mass is 203 g/mol. The lowest BCUT2D eigenvalue weighted by molar-refractivity contribution is -0.153. The lowest BCUT2D eigenvalue weighted by atomic mass is 10.0. The Hall–Kier alpha value is -1.10. The van der Waals surface area contributed by atoms with E-state index in [0.717, 1.165) is 12.8 Å². The Bertz CT molecular complexity index is 205. The fraction of sp³-hybridized carbons (Fsp3) is 0.778. The normalized spacial score (nSPS) is 14.5. The van der Waals surface area contributed by atoms with Gasteiger partial charge in [-0.15, -0.1) is 0 Å². The summed E-state index contributed by atoms with van der Waals surface area (Å²) < 4.78 is 4.79. The maximum absolute atomic E-state index is 11.2. The lowest BCUT2D eigenvalue weighted by Crippen LogP contribution is -2.41. The predicted octanol–water partition coefficient (Wildman–Crippen LogP) is 0.378. The van der Waals surface area contributed by atoms with Gasteiger partial charge in [0.05, 0.1) is 12.5 Å². The van der Waals surface area contributed by atoms with Crippen molar-refractivity contribution in [3.8, 4) is 0 Å². The Labute approximate surface area is 83.2 Å². The van der Waals surface area contributed by atoms with E-state index in [-0.39, 0.29) is 0 Å². The highest BCUT2D eigenvalue weighted by Gasteiger charge is 2.27. The van der Waals surface area contributed by atoms with Gasteiger partial charge < -0.3 is 15.6 Å². The Morgan fingerprint density at radius 3 is 2.50 bits per heavy atom. The second-order valence-electron chi connectivity index (χ2n) is 3.17. The Kier molecular flexibility index (Phi) is 5.87. The van der Waals surface area contributed by atoms with Crippen LogP contribution in [0.2, 0.25) is 0 Å². The van der Waals surface area contributed by atoms with Crippen LogP contribution in [-0.2, 0) is 14.3 Å². The third-order valence-corrected chi connectivity index (χ3v) is 1.94. The van der Waals surface area contributed by atoms with Gasteiger partial charge in [-0.25, -0.2) is 0 Å². The largest absolute Gasteiger partial charge is 0.481 e. The van der Waals surface area contributed by atoms with E-state index in [4.69, 9.17) is 15.6 Å². The van der Waals surface area contributed by atoms with Gasteiger partial charge in [0.1, 0.15) is 6.04 Å². The molecule has 3 N–H and O–H groups in total. The molecular weight excluding hydrogens is 186 g/mol. The van der Waals surface area contributed by atoms with Gasteiger partial charge in [0.15, 0.2) is 0 Å². The minimum Gasteiger partial charge on any atom is -0.481 e. The molecule has 5 heteroatoms. The van der Waals surface area contributed by atoms with E-state index < -0.39 is 23.9 Å². The van der Waals surface area contributed by atoms with Gasteiger partial charge in [-0.3, -0.25) is 9.59 Å². The van der Waals surface area contributed by atoms with Crippen LogP contribution in [0.4, 0.5) is 0 Å². The fourth-order valence-corrected chi connectivity index (χ4v) is 0.771. The summed E-state index contributed by atoms with van der Waals surface area (Å²) in [7, 11) is 0. The number of carbonyl (C=O) groups excluding carboxylic acids is 1. The number of carboxylic acid groups (broad SMARTS) is 1. The van der Waals surface area contributed by atoms with Gasteiger partial charge >= 0.3 is 11.9 Å². The van der Waals surface area contributed by atoms with Crippen molar-refractivity contribution in [1.82, 2.24) is 0 Å². The molecule has 0 saturated carbocycles. The second-order valence-corrected chi connectivity index (χ2v) is 3.17. The average molecular weight is 203 g/mol. The van der Waals surface area contributed by atoms with Crippen LogP contribution in [-0.4, -0.2) is 29.7 Å². The minimum absolute atomic E-state index is 0.301. The number of hydrogen-bond donors (Lipinski definition) is 2. The van der Waals surface area contributed by atoms with Gasteiger partial charge in [-0.05, 0) is 13.3 Å². The van der Waals surface area contributed by atoms with Gasteiger partial charge in [0.25, 0.3) is 0 Å². The van der Waals surface area contributed by atoms with Crippen molar-refractivity contribution in [2.24, 2.45) is 11.7 Å². The van der Waals surface area contributed by atoms with E-state index >= 15 is 0 Å². The molecule has 0 aliphatic carbocycles. The van der Waals surface area contributed by atoms with Crippen LogP contribution in [0.1, 0.15) is 26.7 Å². The van der Waals surface area contributed by atoms with E-state index in [2.05, 4.69) is 0 Å². The smallest absolute Gasteiger partial charge is 0.323 e. The summed E-state index contributed by atoms with van der Waals surface area (Å²) in [6, 6.07) is -1.08. The van der Waals surface area contributed by atoms with Crippen LogP contribution < -0.4 is 5.73 Å². The third kappa shape index (κ3) is 4.23. The lowest BCUT2D eigenvalue weighted by Gasteiger charge is -2.14. The quantitative estimate of drug-likeness (QED) is 0.481. The summed E-state index contributed by atoms with van der Waals surface area (Å²) in [6.07, 6.45) is 1.68. The number of rotatable bonds is 6. The van der Waals surface area contributed by atoms with E-state index in [1.54, 1.807) is 0 Å². The van der Waals surface area contributed by atoms with Gasteiger partial charge in [0.2, 0.25) is 0 Å². The summed E-state index contributed by atoms with van der Waals surface area (Å²) in [4.78, 5) is 21.6. The number of unbranched alkanes of at least 4 members (excludes halogenated alkanes) is 1. The van der Waals surface area contributed by atoms with Crippen LogP contribution in [0.5, 0.6) is 0 Å². The highest BCUT2D eigenvalue weighted by atomic mass is 16.5. The number of ether oxygens (including phenoxy) is 1. The van der Waals surface area contributed by atoms with Crippen molar-refractivity contribution in [2.45, 2.75) is 32.7 Å². The standard InChI is InChI=1S/C9H17NO4/c1-3-4-5-14-9(13)7(10)6(2)8(11)12/h6-7H,3-5,10H2,1-2H3,(H,11,12). The molecule has 0 aliphatic rings. The van der Waals surface area contributed by atoms with Crippen LogP contribution >= 0.6 is 0 Å². The molecule has 82 valence electrons. The first-order valence-corrected chi connectivity index (χ1v) is 4.65. The zero-order valence-corrected chi connectivity index (χ0v) is 8.53. The molecule has 0 aromatic rings. The molecule has 0 radical (unpaired) electrons. The Balaban J connectivity index is 3.92. The highest BCUT2D eigenvalue weighted by Crippen LogP contribution is 2.03. The first-order chi connectivity index (χ1) is 6.50. The third-order valence-electron chi connectivity index (χ3n) is 1.94. The molecule has 14 heavy (non-hydrogen) atoms. The molecule has 0 aromatic heterocycles. The van der Waals surface area contributed by atoms with Crippen molar-refractivity contribution in [3.05, 3.63) is 0 Å². The summed E-state index contributed by atoms with van der Waals surface area (Å²) in [5, 5.41) is 8.59. The maximum Gasteiger partial charge on any atom is 0.323 e. The molecule has 0 heterocycles. The van der Waals surface area contributed by atoms with Crippen LogP contribution in [0.25, 0.3) is 0 Å². The van der Waals surface area contributed by atoms with Gasteiger partial charge in [0, 0.05) is 0 Å². The molecule has 0 aliphatic heterocycles. The van der Waals surface area contributed by atoms with Gasteiger partial charge in [-0.1, -0.05) is 13.3 Å². The molecule has 2 atom stereocenters. The second kappa shape index (κ2) is 6.37. The average Bonchev–Trinajstić information content (AvgIpc) is 2.15. The molecule has 0 saturated heterocycles. The number of carboxylic acids is 1. The van der Waals surface area contributed by atoms with E-state index in [1.807, 2.05) is 6.92 Å². The van der Waals surface area contributed by atoms with E-state index in [0.29, 0.717) is 6.61 Å². The number of hydrogen-bond acceptors (Lipinski definition) is 4. The van der Waals surface area contributed by atoms with Crippen LogP contribution in [0, 0.1) is 5.92 Å². The molecular formula is C9H17NO4. The molecule has 0 bridgehead atoms. The molecule has 0 spiro atoms. The number of esters is 1. The number of carbonyl (C=O) groups is 2. The van der Waals surface area contributed by atoms with Crippen LogP contribution in [0.15, 0.2) is 0 Å². The van der Waals surface area contributed by atoms with Crippen molar-refractivity contribution in [1.29, 1.82) is 0 Å². The number of nitrogens with two attached hydrogens (primary N) is 1. The summed E-state index contributed by atoms with van der Waals surface area (Å²) in [5.74, 6) is -2.65. The predicted molar refractivity (Wildman–Crippen MR) is 50.6 cm³/mol. The summed E-state index contributed by atoms with van der Waals surface area (Å²) in [5.41, 5.74) is 5.39. The Morgan fingerprint density at radius 2 is 2.07 bits per heavy atom. The summed E-state index contributed by atoms with van der Waals surface area (Å²) in [6.45, 7) is 3.65. The van der Waals surface area contributed by atoms with Gasteiger partial charge in [-0.2, -0.15) is 0 Å². The Morgan fingerprint density at radius 1 is 1.50 bits per heavy atom. The molecule has 0 rings (SSSR count). The van der Waals surface area contributed by atoms with Crippen molar-refractivity contribution < 1.29 is 19.4 Å². The highest BCUT2D eigenvalue weighted by molar-refractivity contribution is 5.83. The topological polar surface area (TPSA) is 89.6 Å². The number of aliphatic carboxylic acids is 1. The van der Waals surface area contributed by atoms with Crippen molar-refractivity contribution in [2.75, 3.05) is 6.61 Å². The fourth-order valence-electron chi connectivity index (χ4n) is 0.771. The van der Waals surface area contributed by atoms with Crippen LogP contribution in [0.3, 0.4) is 0 Å². The van der Waals surface area contributed by atoms with Crippen molar-refractivity contribution in [3.63, 3.8) is 0 Å². The zero-order chi connectivity index (χ0) is 11.1. The first-order valence-electron chi connectivity index (χ1n) is 4.65. The molecule has 5 nitrogen and oxygen atoms in total. The zero-order valence-electron chi connectivity index (χ0n) is 8.53. The SMILES string of the molecule is CCCCOC(=O)C(N)C(C)C(=O)O. The minimum atomic E-state index is -1.09. The first kappa shape index (κ1) is 12.9. The van der Waals surface area contributed by atoms with E-state index in [1.165, 1.54) is 6.92 Å². The molecule has 2 unspecified atom stereocenters. The summed E-state index contributed by atoms with van der Waals surface area (Å²) >= 11 is 0.